The van der Waals surface area contributed by atoms with Gasteiger partial charge in [-0.2, -0.15) is 0 Å². The predicted molar refractivity (Wildman–Crippen MR) is 120 cm³/mol. The number of hydrogen-bond donors (Lipinski definition) is 0. The van der Waals surface area contributed by atoms with Gasteiger partial charge in [-0.15, -0.1) is 0 Å². The minimum atomic E-state index is 1.13. The molecular weight excluding hydrogens is 336 g/mol. The first kappa shape index (κ1) is 15.4. The van der Waals surface area contributed by atoms with E-state index in [0.29, 0.717) is 0 Å². The molecule has 0 nitrogen and oxygen atoms in total. The first-order chi connectivity index (χ1) is 13.9. The van der Waals surface area contributed by atoms with Gasteiger partial charge in [0.1, 0.15) is 0 Å². The Hall–Kier alpha value is -3.64. The molecule has 0 N–H and O–H groups in total. The van der Waals surface area contributed by atoms with Crippen molar-refractivity contribution < 1.29 is 0 Å². The lowest BCUT2D eigenvalue weighted by Crippen LogP contribution is -1.88. The van der Waals surface area contributed by atoms with Crippen molar-refractivity contribution in [2.24, 2.45) is 0 Å². The average molecular weight is 353 g/mol. The molecule has 0 aliphatic rings. The van der Waals surface area contributed by atoms with Crippen LogP contribution in [0.15, 0.2) is 103 Å². The van der Waals surface area contributed by atoms with E-state index in [0.717, 1.165) is 11.1 Å². The van der Waals surface area contributed by atoms with Crippen molar-refractivity contribution in [2.75, 3.05) is 0 Å². The third-order valence-corrected chi connectivity index (χ3v) is 5.68. The smallest absolute Gasteiger partial charge is 0.00141 e. The Labute approximate surface area is 164 Å². The Bertz CT molecular complexity index is 1440. The summed E-state index contributed by atoms with van der Waals surface area (Å²) in [6.07, 6.45) is 0. The van der Waals surface area contributed by atoms with Crippen LogP contribution in [0.5, 0.6) is 0 Å². The number of rotatable bonds is 2. The Kier molecular flexibility index (Phi) is 3.27. The first-order valence-corrected chi connectivity index (χ1v) is 9.63. The molecule has 0 atom stereocenters. The summed E-state index contributed by atoms with van der Waals surface area (Å²) in [5, 5.41) is 7.89. The van der Waals surface area contributed by atoms with E-state index in [1.165, 1.54) is 43.4 Å². The molecule has 0 saturated heterocycles. The third-order valence-electron chi connectivity index (χ3n) is 5.68. The van der Waals surface area contributed by atoms with E-state index >= 15 is 0 Å². The van der Waals surface area contributed by atoms with Gasteiger partial charge in [-0.05, 0) is 66.7 Å². The summed E-state index contributed by atoms with van der Waals surface area (Å²) in [7, 11) is 0. The predicted octanol–water partition coefficient (Wildman–Crippen LogP) is 7.72. The second-order valence-corrected chi connectivity index (χ2v) is 7.32. The lowest BCUT2D eigenvalue weighted by molar-refractivity contribution is 1.60. The SMILES string of the molecule is [c]1c(-c2ccccc2)cccc1-c1cc2cccc3ccc4cccc1c4c32. The van der Waals surface area contributed by atoms with Gasteiger partial charge in [0.25, 0.3) is 0 Å². The first-order valence-electron chi connectivity index (χ1n) is 9.63. The van der Waals surface area contributed by atoms with Crippen LogP contribution in [-0.2, 0) is 0 Å². The van der Waals surface area contributed by atoms with Gasteiger partial charge in [0.2, 0.25) is 0 Å². The van der Waals surface area contributed by atoms with Gasteiger partial charge in [0, 0.05) is 0 Å². The Morgan fingerprint density at radius 1 is 0.464 bits per heavy atom. The number of hydrogen-bond acceptors (Lipinski definition) is 0. The molecule has 1 radical (unpaired) electrons. The number of benzene rings is 6. The van der Waals surface area contributed by atoms with Gasteiger partial charge < -0.3 is 0 Å². The molecule has 6 aromatic rings. The summed E-state index contributed by atoms with van der Waals surface area (Å²) in [6, 6.07) is 40.6. The quantitative estimate of drug-likeness (QED) is 0.280. The van der Waals surface area contributed by atoms with Crippen LogP contribution >= 0.6 is 0 Å². The minimum absolute atomic E-state index is 1.13. The highest BCUT2D eigenvalue weighted by Gasteiger charge is 2.13. The van der Waals surface area contributed by atoms with Gasteiger partial charge in [-0.1, -0.05) is 97.1 Å². The van der Waals surface area contributed by atoms with Crippen LogP contribution in [-0.4, -0.2) is 0 Å². The maximum Gasteiger partial charge on any atom is -0.00141 e. The summed E-state index contributed by atoms with van der Waals surface area (Å²) < 4.78 is 0. The van der Waals surface area contributed by atoms with E-state index in [4.69, 9.17) is 0 Å². The summed E-state index contributed by atoms with van der Waals surface area (Å²) in [5.41, 5.74) is 4.71. The van der Waals surface area contributed by atoms with Crippen LogP contribution < -0.4 is 0 Å². The Balaban J connectivity index is 1.69. The highest BCUT2D eigenvalue weighted by atomic mass is 14.2. The Morgan fingerprint density at radius 2 is 1.14 bits per heavy atom. The van der Waals surface area contributed by atoms with Gasteiger partial charge in [0.15, 0.2) is 0 Å². The highest BCUT2D eigenvalue weighted by molar-refractivity contribution is 6.26. The van der Waals surface area contributed by atoms with Crippen LogP contribution in [0.4, 0.5) is 0 Å². The molecule has 0 bridgehead atoms. The maximum absolute atomic E-state index is 3.67. The van der Waals surface area contributed by atoms with Crippen LogP contribution in [0.2, 0.25) is 0 Å². The summed E-state index contributed by atoms with van der Waals surface area (Å²) >= 11 is 0. The fraction of sp³-hybridized carbons (Fsp3) is 0. The van der Waals surface area contributed by atoms with Crippen LogP contribution in [0.25, 0.3) is 54.6 Å². The molecule has 0 heterocycles. The molecule has 6 rings (SSSR count). The fourth-order valence-electron chi connectivity index (χ4n) is 4.40. The molecular formula is C28H17. The van der Waals surface area contributed by atoms with Crippen molar-refractivity contribution in [2.45, 2.75) is 0 Å². The van der Waals surface area contributed by atoms with E-state index < -0.39 is 0 Å². The molecule has 0 unspecified atom stereocenters. The normalized spacial score (nSPS) is 11.6. The topological polar surface area (TPSA) is 0 Å². The lowest BCUT2D eigenvalue weighted by atomic mass is 9.88. The molecule has 0 amide bonds. The van der Waals surface area contributed by atoms with E-state index in [9.17, 15) is 0 Å². The van der Waals surface area contributed by atoms with Crippen LogP contribution in [0.1, 0.15) is 0 Å². The molecule has 0 fully saturated rings. The monoisotopic (exact) mass is 353 g/mol. The summed E-state index contributed by atoms with van der Waals surface area (Å²) in [4.78, 5) is 0. The average Bonchev–Trinajstić information content (AvgIpc) is 2.78. The second kappa shape index (κ2) is 5.94. The van der Waals surface area contributed by atoms with Gasteiger partial charge in [0.05, 0.1) is 0 Å². The summed E-state index contributed by atoms with van der Waals surface area (Å²) in [6.45, 7) is 0. The van der Waals surface area contributed by atoms with Crippen molar-refractivity contribution in [3.05, 3.63) is 109 Å². The fourth-order valence-corrected chi connectivity index (χ4v) is 4.40. The van der Waals surface area contributed by atoms with Crippen molar-refractivity contribution in [3.8, 4) is 22.3 Å². The van der Waals surface area contributed by atoms with E-state index in [2.05, 4.69) is 109 Å². The molecule has 129 valence electrons. The van der Waals surface area contributed by atoms with Gasteiger partial charge >= 0.3 is 0 Å². The molecule has 0 aliphatic heterocycles. The van der Waals surface area contributed by atoms with Crippen LogP contribution in [0, 0.1) is 6.07 Å². The molecule has 0 spiro atoms. The lowest BCUT2D eigenvalue weighted by Gasteiger charge is -2.15. The zero-order chi connectivity index (χ0) is 18.5. The highest BCUT2D eigenvalue weighted by Crippen LogP contribution is 2.40. The molecule has 0 heteroatoms. The zero-order valence-corrected chi connectivity index (χ0v) is 15.3. The second-order valence-electron chi connectivity index (χ2n) is 7.32. The summed E-state index contributed by atoms with van der Waals surface area (Å²) in [5.74, 6) is 0. The standard InChI is InChI=1S/C28H17/c1-2-7-19(8-3-1)22-11-5-12-23(17-22)26-18-24-13-4-9-20-15-16-21-10-6-14-25(26)28(21)27(20)24/h1-16,18H. The van der Waals surface area contributed by atoms with Crippen LogP contribution in [0.3, 0.4) is 0 Å². The van der Waals surface area contributed by atoms with E-state index in [1.54, 1.807) is 0 Å². The molecule has 0 saturated carbocycles. The zero-order valence-electron chi connectivity index (χ0n) is 15.3. The minimum Gasteiger partial charge on any atom is -0.0622 e. The Morgan fingerprint density at radius 3 is 2.00 bits per heavy atom. The van der Waals surface area contributed by atoms with E-state index in [-0.39, 0.29) is 0 Å². The van der Waals surface area contributed by atoms with Gasteiger partial charge in [-0.25, -0.2) is 0 Å². The van der Waals surface area contributed by atoms with Crippen molar-refractivity contribution in [3.63, 3.8) is 0 Å². The molecule has 0 aliphatic carbocycles. The largest absolute Gasteiger partial charge is 0.0622 e. The van der Waals surface area contributed by atoms with Gasteiger partial charge in [-0.3, -0.25) is 0 Å². The molecule has 28 heavy (non-hydrogen) atoms. The van der Waals surface area contributed by atoms with Crippen molar-refractivity contribution >= 4 is 32.3 Å². The third kappa shape index (κ3) is 2.25. The molecule has 6 aromatic carbocycles. The maximum atomic E-state index is 3.67. The van der Waals surface area contributed by atoms with Crippen molar-refractivity contribution in [1.29, 1.82) is 0 Å². The van der Waals surface area contributed by atoms with Crippen molar-refractivity contribution in [1.82, 2.24) is 0 Å². The van der Waals surface area contributed by atoms with E-state index in [1.807, 2.05) is 0 Å². The molecule has 0 aromatic heterocycles.